The fraction of sp³-hybridized carbons (Fsp3) is 0.300. The normalized spacial score (nSPS) is 15.1. The number of amides is 1. The Morgan fingerprint density at radius 1 is 1.17 bits per heavy atom. The molecule has 2 heterocycles. The van der Waals surface area contributed by atoms with Crippen LogP contribution in [0.2, 0.25) is 0 Å². The standard InChI is InChI=1S/C20H16F4N4O2/c1-11-25-9-14(10-26-11)12-2-3-13(15(21)6-12)7-18(29)27-17-8-16(30-28-17)19(4-5-19)20(22,23)24/h2-3,6,8-10H,4-5,7H2,1H3,(H,27,28,29). The molecular weight excluding hydrogens is 404 g/mol. The summed E-state index contributed by atoms with van der Waals surface area (Å²) in [4.78, 5) is 20.3. The van der Waals surface area contributed by atoms with Crippen LogP contribution in [0.1, 0.15) is 30.0 Å². The molecule has 1 N–H and O–H groups in total. The number of hydrogen-bond donors (Lipinski definition) is 1. The Morgan fingerprint density at radius 3 is 2.47 bits per heavy atom. The summed E-state index contributed by atoms with van der Waals surface area (Å²) < 4.78 is 58.6. The third kappa shape index (κ3) is 3.77. The predicted molar refractivity (Wildman–Crippen MR) is 98.0 cm³/mol. The van der Waals surface area contributed by atoms with Gasteiger partial charge in [0.15, 0.2) is 11.6 Å². The van der Waals surface area contributed by atoms with Gasteiger partial charge in [0.2, 0.25) is 5.91 Å². The minimum Gasteiger partial charge on any atom is -0.358 e. The van der Waals surface area contributed by atoms with E-state index < -0.39 is 23.3 Å². The summed E-state index contributed by atoms with van der Waals surface area (Å²) in [5, 5.41) is 5.83. The van der Waals surface area contributed by atoms with Gasteiger partial charge in [0, 0.05) is 24.0 Å². The van der Waals surface area contributed by atoms with Crippen LogP contribution in [-0.2, 0) is 16.6 Å². The maximum Gasteiger partial charge on any atom is 0.401 e. The van der Waals surface area contributed by atoms with Crippen molar-refractivity contribution in [3.8, 4) is 11.1 Å². The number of anilines is 1. The Labute approximate surface area is 168 Å². The van der Waals surface area contributed by atoms with Crippen molar-refractivity contribution in [2.75, 3.05) is 5.32 Å². The molecule has 4 rings (SSSR count). The molecule has 1 amide bonds. The molecule has 0 spiro atoms. The van der Waals surface area contributed by atoms with E-state index in [0.29, 0.717) is 17.0 Å². The van der Waals surface area contributed by atoms with E-state index in [2.05, 4.69) is 20.4 Å². The van der Waals surface area contributed by atoms with Crippen LogP contribution in [0.25, 0.3) is 11.1 Å². The Hall–Kier alpha value is -3.30. The Kier molecular flexibility index (Phi) is 4.79. The van der Waals surface area contributed by atoms with E-state index in [4.69, 9.17) is 4.52 Å². The summed E-state index contributed by atoms with van der Waals surface area (Å²) in [6, 6.07) is 5.43. The van der Waals surface area contributed by atoms with Crippen molar-refractivity contribution in [2.45, 2.75) is 37.8 Å². The fourth-order valence-corrected chi connectivity index (χ4v) is 3.13. The number of carbonyl (C=O) groups is 1. The number of benzene rings is 1. The summed E-state index contributed by atoms with van der Waals surface area (Å²) in [7, 11) is 0. The number of rotatable bonds is 5. The molecule has 1 saturated carbocycles. The molecule has 1 aromatic carbocycles. The number of aryl methyl sites for hydroxylation is 1. The Bertz CT molecular complexity index is 1090. The molecule has 30 heavy (non-hydrogen) atoms. The van der Waals surface area contributed by atoms with Crippen LogP contribution in [0.4, 0.5) is 23.4 Å². The van der Waals surface area contributed by atoms with Gasteiger partial charge in [-0.2, -0.15) is 13.2 Å². The molecule has 0 unspecified atom stereocenters. The molecule has 0 bridgehead atoms. The zero-order valence-electron chi connectivity index (χ0n) is 15.8. The highest BCUT2D eigenvalue weighted by atomic mass is 19.4. The molecule has 1 fully saturated rings. The van der Waals surface area contributed by atoms with Crippen LogP contribution in [0.5, 0.6) is 0 Å². The van der Waals surface area contributed by atoms with Crippen LogP contribution >= 0.6 is 0 Å². The Morgan fingerprint density at radius 2 is 1.87 bits per heavy atom. The van der Waals surface area contributed by atoms with E-state index in [1.807, 2.05) is 0 Å². The SMILES string of the molecule is Cc1ncc(-c2ccc(CC(=O)Nc3cc(C4(C(F)(F)F)CC4)on3)c(F)c2)cn1. The summed E-state index contributed by atoms with van der Waals surface area (Å²) in [5.74, 6) is -1.11. The molecule has 0 aliphatic heterocycles. The number of halogens is 4. The van der Waals surface area contributed by atoms with E-state index in [9.17, 15) is 22.4 Å². The molecule has 156 valence electrons. The number of aromatic nitrogens is 3. The highest BCUT2D eigenvalue weighted by molar-refractivity contribution is 5.91. The summed E-state index contributed by atoms with van der Waals surface area (Å²) in [5.41, 5.74) is -0.712. The molecule has 2 aromatic heterocycles. The van der Waals surface area contributed by atoms with Gasteiger partial charge in [0.05, 0.1) is 6.42 Å². The van der Waals surface area contributed by atoms with Crippen molar-refractivity contribution in [3.63, 3.8) is 0 Å². The first kappa shape index (κ1) is 20.0. The lowest BCUT2D eigenvalue weighted by atomic mass is 10.0. The van der Waals surface area contributed by atoms with Crippen LogP contribution in [0, 0.1) is 12.7 Å². The van der Waals surface area contributed by atoms with E-state index in [0.717, 1.165) is 6.07 Å². The Balaban J connectivity index is 1.43. The number of hydrogen-bond acceptors (Lipinski definition) is 5. The van der Waals surface area contributed by atoms with Crippen molar-refractivity contribution in [3.05, 3.63) is 59.6 Å². The van der Waals surface area contributed by atoms with Crippen molar-refractivity contribution < 1.29 is 26.9 Å². The van der Waals surface area contributed by atoms with Gasteiger partial charge in [0.1, 0.15) is 17.1 Å². The second-order valence-electron chi connectivity index (χ2n) is 7.21. The molecule has 0 saturated heterocycles. The lowest BCUT2D eigenvalue weighted by Gasteiger charge is -2.14. The summed E-state index contributed by atoms with van der Waals surface area (Å²) in [6.45, 7) is 1.73. The maximum absolute atomic E-state index is 14.4. The molecule has 1 aliphatic carbocycles. The maximum atomic E-state index is 14.4. The average Bonchev–Trinajstić information content (AvgIpc) is 3.38. The second-order valence-corrected chi connectivity index (χ2v) is 7.21. The molecule has 3 aromatic rings. The van der Waals surface area contributed by atoms with E-state index in [1.54, 1.807) is 25.4 Å². The third-order valence-corrected chi connectivity index (χ3v) is 5.06. The summed E-state index contributed by atoms with van der Waals surface area (Å²) in [6.07, 6.45) is -1.78. The smallest absolute Gasteiger partial charge is 0.358 e. The highest BCUT2D eigenvalue weighted by Crippen LogP contribution is 2.59. The fourth-order valence-electron chi connectivity index (χ4n) is 3.13. The number of nitrogens with zero attached hydrogens (tertiary/aromatic N) is 3. The quantitative estimate of drug-likeness (QED) is 0.621. The van der Waals surface area contributed by atoms with Gasteiger partial charge in [-0.05, 0) is 37.0 Å². The number of carbonyl (C=O) groups excluding carboxylic acids is 1. The van der Waals surface area contributed by atoms with Crippen LogP contribution in [-0.4, -0.2) is 27.2 Å². The van der Waals surface area contributed by atoms with Gasteiger partial charge in [-0.25, -0.2) is 14.4 Å². The number of nitrogens with one attached hydrogen (secondary N) is 1. The van der Waals surface area contributed by atoms with E-state index in [-0.39, 0.29) is 36.4 Å². The van der Waals surface area contributed by atoms with Crippen LogP contribution in [0.3, 0.4) is 0 Å². The van der Waals surface area contributed by atoms with E-state index >= 15 is 0 Å². The van der Waals surface area contributed by atoms with Gasteiger partial charge in [-0.15, -0.1) is 0 Å². The predicted octanol–water partition coefficient (Wildman–Crippen LogP) is 4.35. The monoisotopic (exact) mass is 420 g/mol. The van der Waals surface area contributed by atoms with Gasteiger partial charge in [0.25, 0.3) is 0 Å². The van der Waals surface area contributed by atoms with Crippen molar-refractivity contribution in [2.24, 2.45) is 0 Å². The van der Waals surface area contributed by atoms with Crippen molar-refractivity contribution >= 4 is 11.7 Å². The second kappa shape index (κ2) is 7.19. The van der Waals surface area contributed by atoms with Gasteiger partial charge in [-0.1, -0.05) is 17.3 Å². The molecule has 0 radical (unpaired) electrons. The lowest BCUT2D eigenvalue weighted by molar-refractivity contribution is -0.165. The summed E-state index contributed by atoms with van der Waals surface area (Å²) >= 11 is 0. The minimum absolute atomic E-state index is 0.0807. The highest BCUT2D eigenvalue weighted by Gasteiger charge is 2.66. The number of alkyl halides is 3. The first-order valence-corrected chi connectivity index (χ1v) is 9.09. The van der Waals surface area contributed by atoms with Gasteiger partial charge < -0.3 is 9.84 Å². The van der Waals surface area contributed by atoms with Crippen molar-refractivity contribution in [1.82, 2.24) is 15.1 Å². The zero-order valence-corrected chi connectivity index (χ0v) is 15.8. The van der Waals surface area contributed by atoms with Crippen LogP contribution in [0.15, 0.2) is 41.2 Å². The largest absolute Gasteiger partial charge is 0.401 e. The van der Waals surface area contributed by atoms with Gasteiger partial charge >= 0.3 is 6.18 Å². The topological polar surface area (TPSA) is 80.9 Å². The molecular formula is C20H16F4N4O2. The average molecular weight is 420 g/mol. The third-order valence-electron chi connectivity index (χ3n) is 5.06. The first-order chi connectivity index (χ1) is 14.2. The lowest BCUT2D eigenvalue weighted by Crippen LogP contribution is -2.28. The van der Waals surface area contributed by atoms with Crippen LogP contribution < -0.4 is 5.32 Å². The molecule has 6 nitrogen and oxygen atoms in total. The molecule has 10 heteroatoms. The van der Waals surface area contributed by atoms with Gasteiger partial charge in [-0.3, -0.25) is 4.79 Å². The minimum atomic E-state index is -4.44. The zero-order chi connectivity index (χ0) is 21.5. The van der Waals surface area contributed by atoms with E-state index in [1.165, 1.54) is 12.1 Å². The first-order valence-electron chi connectivity index (χ1n) is 9.09. The van der Waals surface area contributed by atoms with Crippen molar-refractivity contribution in [1.29, 1.82) is 0 Å². The molecule has 1 aliphatic rings. The molecule has 0 atom stereocenters.